The van der Waals surface area contributed by atoms with Crippen LogP contribution in [-0.2, 0) is 0 Å². The number of hydrogen-bond acceptors (Lipinski definition) is 5. The van der Waals surface area contributed by atoms with Crippen LogP contribution >= 0.6 is 23.5 Å². The van der Waals surface area contributed by atoms with Gasteiger partial charge in [0.15, 0.2) is 0 Å². The summed E-state index contributed by atoms with van der Waals surface area (Å²) >= 11 is 3.50. The van der Waals surface area contributed by atoms with Crippen LogP contribution in [0.15, 0.2) is 53.6 Å². The van der Waals surface area contributed by atoms with Gasteiger partial charge >= 0.3 is 0 Å². The van der Waals surface area contributed by atoms with Crippen molar-refractivity contribution >= 4 is 39.8 Å². The Kier molecular flexibility index (Phi) is 4.63. The molecule has 6 heteroatoms. The van der Waals surface area contributed by atoms with Crippen molar-refractivity contribution in [3.63, 3.8) is 0 Å². The number of benzene rings is 2. The quantitative estimate of drug-likeness (QED) is 0.570. The lowest BCUT2D eigenvalue weighted by atomic mass is 10.1. The summed E-state index contributed by atoms with van der Waals surface area (Å²) in [5.74, 6) is 0.817. The van der Waals surface area contributed by atoms with E-state index >= 15 is 0 Å². The lowest BCUT2D eigenvalue weighted by molar-refractivity contribution is -0.384. The minimum absolute atomic E-state index is 0.119. The minimum atomic E-state index is -0.369. The number of aryl methyl sites for hydroxylation is 1. The van der Waals surface area contributed by atoms with Gasteiger partial charge in [-0.3, -0.25) is 10.1 Å². The first-order valence-corrected chi connectivity index (χ1v) is 9.31. The van der Waals surface area contributed by atoms with Crippen LogP contribution in [0.1, 0.15) is 11.1 Å². The summed E-state index contributed by atoms with van der Waals surface area (Å²) in [6.45, 7) is 2.08. The monoisotopic (exact) mass is 344 g/mol. The largest absolute Gasteiger partial charge is 0.325 e. The van der Waals surface area contributed by atoms with Crippen LogP contribution in [0.2, 0.25) is 0 Å². The third-order valence-electron chi connectivity index (χ3n) is 3.66. The van der Waals surface area contributed by atoms with Crippen LogP contribution in [0.5, 0.6) is 0 Å². The maximum atomic E-state index is 10.8. The fourth-order valence-corrected chi connectivity index (χ4v) is 4.71. The van der Waals surface area contributed by atoms with Crippen LogP contribution in [0.4, 0.5) is 11.4 Å². The average Bonchev–Trinajstić information content (AvgIpc) is 2.99. The van der Waals surface area contributed by atoms with E-state index in [1.165, 1.54) is 21.1 Å². The molecule has 0 fully saturated rings. The van der Waals surface area contributed by atoms with Crippen LogP contribution < -0.4 is 4.90 Å². The molecule has 0 unspecified atom stereocenters. The van der Waals surface area contributed by atoms with E-state index in [2.05, 4.69) is 42.3 Å². The third kappa shape index (κ3) is 3.23. The third-order valence-corrected chi connectivity index (χ3v) is 5.70. The van der Waals surface area contributed by atoms with Crippen molar-refractivity contribution in [3.8, 4) is 0 Å². The normalized spacial score (nSPS) is 14.4. The number of hydrogen-bond donors (Lipinski definition) is 0. The Hall–Kier alpha value is -1.92. The van der Waals surface area contributed by atoms with Gasteiger partial charge in [-0.1, -0.05) is 29.8 Å². The highest BCUT2D eigenvalue weighted by Gasteiger charge is 2.25. The van der Waals surface area contributed by atoms with Gasteiger partial charge in [0.05, 0.1) is 15.8 Å². The van der Waals surface area contributed by atoms with E-state index in [0.29, 0.717) is 0 Å². The molecule has 0 bridgehead atoms. The first-order chi connectivity index (χ1) is 11.1. The summed E-state index contributed by atoms with van der Waals surface area (Å²) in [6.07, 6.45) is 2.06. The molecule has 2 aromatic carbocycles. The maximum absolute atomic E-state index is 10.8. The van der Waals surface area contributed by atoms with Gasteiger partial charge in [0.25, 0.3) is 5.69 Å². The minimum Gasteiger partial charge on any atom is -0.325 e. The zero-order chi connectivity index (χ0) is 16.4. The van der Waals surface area contributed by atoms with E-state index < -0.39 is 0 Å². The van der Waals surface area contributed by atoms with Gasteiger partial charge in [-0.05, 0) is 30.9 Å². The van der Waals surface area contributed by atoms with Crippen LogP contribution in [0, 0.1) is 17.0 Å². The number of anilines is 1. The average molecular weight is 344 g/mol. The van der Waals surface area contributed by atoms with Gasteiger partial charge in [0.1, 0.15) is 0 Å². The fourth-order valence-electron chi connectivity index (χ4n) is 2.43. The Morgan fingerprint density at radius 3 is 2.35 bits per heavy atom. The molecule has 0 saturated carbocycles. The Labute approximate surface area is 143 Å². The molecule has 0 saturated heterocycles. The highest BCUT2D eigenvalue weighted by Crippen LogP contribution is 2.45. The lowest BCUT2D eigenvalue weighted by Gasteiger charge is -2.20. The molecule has 0 radical (unpaired) electrons. The number of nitro groups is 1. The molecule has 0 amide bonds. The smallest absolute Gasteiger partial charge is 0.269 e. The predicted octanol–water partition coefficient (Wildman–Crippen LogP) is 5.10. The highest BCUT2D eigenvalue weighted by atomic mass is 32.2. The molecule has 0 aliphatic carbocycles. The summed E-state index contributed by atoms with van der Waals surface area (Å²) in [5.41, 5.74) is 3.56. The molecule has 1 heterocycles. The SMILES string of the molecule is CSC1=C(c2ccc(C)cc2)SCN1c1ccc([N+](=O)[O-])cc1. The van der Waals surface area contributed by atoms with Gasteiger partial charge < -0.3 is 4.90 Å². The van der Waals surface area contributed by atoms with Gasteiger partial charge in [-0.2, -0.15) is 0 Å². The van der Waals surface area contributed by atoms with Gasteiger partial charge in [0.2, 0.25) is 0 Å². The molecule has 0 N–H and O–H groups in total. The van der Waals surface area contributed by atoms with Crippen molar-refractivity contribution in [3.05, 3.63) is 74.8 Å². The van der Waals surface area contributed by atoms with Crippen LogP contribution in [0.25, 0.3) is 4.91 Å². The van der Waals surface area contributed by atoms with E-state index in [0.717, 1.165) is 11.6 Å². The Bertz CT molecular complexity index is 755. The number of rotatable bonds is 4. The Morgan fingerprint density at radius 1 is 1.13 bits per heavy atom. The summed E-state index contributed by atoms with van der Waals surface area (Å²) in [7, 11) is 0. The van der Waals surface area contributed by atoms with Crippen molar-refractivity contribution in [1.29, 1.82) is 0 Å². The number of nitrogens with zero attached hydrogens (tertiary/aromatic N) is 2. The van der Waals surface area contributed by atoms with E-state index in [1.807, 2.05) is 12.1 Å². The van der Waals surface area contributed by atoms with Crippen LogP contribution in [-0.4, -0.2) is 17.1 Å². The molecule has 1 aliphatic rings. The summed E-state index contributed by atoms with van der Waals surface area (Å²) in [4.78, 5) is 13.9. The fraction of sp³-hybridized carbons (Fsp3) is 0.176. The van der Waals surface area contributed by atoms with Crippen molar-refractivity contribution in [2.75, 3.05) is 17.0 Å². The molecule has 23 heavy (non-hydrogen) atoms. The first kappa shape index (κ1) is 16.0. The number of nitro benzene ring substituents is 1. The van der Waals surface area contributed by atoms with Crippen molar-refractivity contribution in [2.45, 2.75) is 6.92 Å². The first-order valence-electron chi connectivity index (χ1n) is 7.10. The molecule has 1 aliphatic heterocycles. The van der Waals surface area contributed by atoms with E-state index in [4.69, 9.17) is 0 Å². The molecular formula is C17H16N2O2S2. The van der Waals surface area contributed by atoms with E-state index in [9.17, 15) is 10.1 Å². The summed E-state index contributed by atoms with van der Waals surface area (Å²) in [5, 5.41) is 12.0. The molecule has 0 aromatic heterocycles. The zero-order valence-electron chi connectivity index (χ0n) is 12.9. The molecular weight excluding hydrogens is 328 g/mol. The van der Waals surface area contributed by atoms with E-state index in [1.54, 1.807) is 35.7 Å². The van der Waals surface area contributed by atoms with Gasteiger partial charge in [-0.25, -0.2) is 0 Å². The predicted molar refractivity (Wildman–Crippen MR) is 99.6 cm³/mol. The summed E-state index contributed by atoms with van der Waals surface area (Å²) < 4.78 is 0. The van der Waals surface area contributed by atoms with Crippen molar-refractivity contribution in [1.82, 2.24) is 0 Å². The van der Waals surface area contributed by atoms with Crippen LogP contribution in [0.3, 0.4) is 0 Å². The topological polar surface area (TPSA) is 46.4 Å². The standard InChI is InChI=1S/C17H16N2O2S2/c1-12-3-5-13(6-4-12)16-17(22-2)18(11-23-16)14-7-9-15(10-8-14)19(20)21/h3-10H,11H2,1-2H3. The van der Waals surface area contributed by atoms with Gasteiger partial charge in [-0.15, -0.1) is 23.5 Å². The number of non-ortho nitro benzene ring substituents is 1. The molecule has 3 rings (SSSR count). The van der Waals surface area contributed by atoms with Crippen molar-refractivity contribution in [2.24, 2.45) is 0 Å². The zero-order valence-corrected chi connectivity index (χ0v) is 14.5. The van der Waals surface area contributed by atoms with E-state index in [-0.39, 0.29) is 10.6 Å². The van der Waals surface area contributed by atoms with Gasteiger partial charge in [0, 0.05) is 22.7 Å². The number of thioether (sulfide) groups is 2. The Balaban J connectivity index is 1.94. The Morgan fingerprint density at radius 2 is 1.78 bits per heavy atom. The van der Waals surface area contributed by atoms with Crippen molar-refractivity contribution < 1.29 is 4.92 Å². The second-order valence-electron chi connectivity index (χ2n) is 5.18. The molecule has 4 nitrogen and oxygen atoms in total. The molecule has 2 aromatic rings. The molecule has 0 spiro atoms. The molecule has 118 valence electrons. The summed E-state index contributed by atoms with van der Waals surface area (Å²) in [6, 6.07) is 15.3. The lowest BCUT2D eigenvalue weighted by Crippen LogP contribution is -2.15. The highest BCUT2D eigenvalue weighted by molar-refractivity contribution is 8.11. The second kappa shape index (κ2) is 6.68. The second-order valence-corrected chi connectivity index (χ2v) is 6.93. The molecule has 0 atom stereocenters. The maximum Gasteiger partial charge on any atom is 0.269 e.